The summed E-state index contributed by atoms with van der Waals surface area (Å²) in [6.07, 6.45) is 5.39. The monoisotopic (exact) mass is 315 g/mol. The van der Waals surface area contributed by atoms with Crippen molar-refractivity contribution in [2.24, 2.45) is 0 Å². The fourth-order valence-corrected chi connectivity index (χ4v) is 2.80. The standard InChI is InChI=1S/C14H10ClN5S/c15-13-12(7-16)14(21-19-13)18-8-10-1-3-11(4-2-10)20-6-5-17-9-20/h1-6,9,18H,8H2. The smallest absolute Gasteiger partial charge is 0.162 e. The highest BCUT2D eigenvalue weighted by molar-refractivity contribution is 7.10. The molecule has 3 aromatic rings. The van der Waals surface area contributed by atoms with Crippen molar-refractivity contribution in [1.82, 2.24) is 13.9 Å². The maximum absolute atomic E-state index is 9.01. The molecule has 2 aromatic heterocycles. The molecule has 0 amide bonds. The first kappa shape index (κ1) is 13.6. The molecule has 0 saturated carbocycles. The van der Waals surface area contributed by atoms with Gasteiger partial charge in [-0.2, -0.15) is 9.64 Å². The Labute approximate surface area is 130 Å². The van der Waals surface area contributed by atoms with E-state index < -0.39 is 0 Å². The number of hydrogen-bond acceptors (Lipinski definition) is 5. The number of nitrogens with zero attached hydrogens (tertiary/aromatic N) is 4. The van der Waals surface area contributed by atoms with Crippen molar-refractivity contribution in [1.29, 1.82) is 5.26 Å². The van der Waals surface area contributed by atoms with Crippen molar-refractivity contribution in [2.75, 3.05) is 5.32 Å². The van der Waals surface area contributed by atoms with E-state index in [2.05, 4.69) is 20.7 Å². The van der Waals surface area contributed by atoms with Crippen molar-refractivity contribution >= 4 is 28.1 Å². The molecule has 7 heteroatoms. The third kappa shape index (κ3) is 2.89. The van der Waals surface area contributed by atoms with Gasteiger partial charge in [0.05, 0.1) is 6.33 Å². The van der Waals surface area contributed by atoms with Crippen LogP contribution in [0.4, 0.5) is 5.00 Å². The summed E-state index contributed by atoms with van der Waals surface area (Å²) in [6.45, 7) is 0.609. The Morgan fingerprint density at radius 1 is 1.33 bits per heavy atom. The van der Waals surface area contributed by atoms with Crippen molar-refractivity contribution in [3.05, 3.63) is 59.3 Å². The highest BCUT2D eigenvalue weighted by Gasteiger charge is 2.11. The molecule has 0 bridgehead atoms. The topological polar surface area (TPSA) is 66.5 Å². The van der Waals surface area contributed by atoms with Crippen molar-refractivity contribution in [3.8, 4) is 11.8 Å². The molecule has 0 atom stereocenters. The van der Waals surface area contributed by atoms with E-state index in [0.29, 0.717) is 17.1 Å². The van der Waals surface area contributed by atoms with Crippen molar-refractivity contribution < 1.29 is 0 Å². The molecule has 0 radical (unpaired) electrons. The summed E-state index contributed by atoms with van der Waals surface area (Å²) < 4.78 is 5.90. The number of aromatic nitrogens is 3. The number of halogens is 1. The lowest BCUT2D eigenvalue weighted by molar-refractivity contribution is 1.05. The van der Waals surface area contributed by atoms with Crippen LogP contribution in [-0.2, 0) is 6.54 Å². The number of nitrogens with one attached hydrogen (secondary N) is 1. The van der Waals surface area contributed by atoms with Gasteiger partial charge in [0.1, 0.15) is 16.6 Å². The highest BCUT2D eigenvalue weighted by atomic mass is 35.5. The van der Waals surface area contributed by atoms with Crippen LogP contribution in [0.3, 0.4) is 0 Å². The van der Waals surface area contributed by atoms with E-state index in [1.54, 1.807) is 12.5 Å². The van der Waals surface area contributed by atoms with Gasteiger partial charge in [-0.05, 0) is 29.2 Å². The van der Waals surface area contributed by atoms with Crippen LogP contribution in [0.25, 0.3) is 5.69 Å². The van der Waals surface area contributed by atoms with E-state index in [1.165, 1.54) is 11.5 Å². The average molecular weight is 316 g/mol. The molecule has 0 spiro atoms. The third-order valence-electron chi connectivity index (χ3n) is 2.95. The van der Waals surface area contributed by atoms with Crippen LogP contribution in [0.5, 0.6) is 0 Å². The van der Waals surface area contributed by atoms with Crippen LogP contribution in [0, 0.1) is 11.3 Å². The lowest BCUT2D eigenvalue weighted by Crippen LogP contribution is -1.99. The van der Waals surface area contributed by atoms with Gasteiger partial charge in [0.2, 0.25) is 0 Å². The van der Waals surface area contributed by atoms with Crippen LogP contribution in [-0.4, -0.2) is 13.9 Å². The Morgan fingerprint density at radius 2 is 2.14 bits per heavy atom. The Morgan fingerprint density at radius 3 is 2.81 bits per heavy atom. The third-order valence-corrected chi connectivity index (χ3v) is 4.13. The highest BCUT2D eigenvalue weighted by Crippen LogP contribution is 2.27. The number of rotatable bonds is 4. The average Bonchev–Trinajstić information content (AvgIpc) is 3.15. The molecular formula is C14H10ClN5S. The lowest BCUT2D eigenvalue weighted by Gasteiger charge is -2.06. The molecule has 1 N–H and O–H groups in total. The Kier molecular flexibility index (Phi) is 3.86. The van der Waals surface area contributed by atoms with Gasteiger partial charge < -0.3 is 9.88 Å². The zero-order valence-corrected chi connectivity index (χ0v) is 12.4. The second-order valence-corrected chi connectivity index (χ2v) is 5.41. The summed E-state index contributed by atoms with van der Waals surface area (Å²) in [5.74, 6) is 0. The van der Waals surface area contributed by atoms with Gasteiger partial charge in [0.15, 0.2) is 5.15 Å². The van der Waals surface area contributed by atoms with Crippen LogP contribution in [0.1, 0.15) is 11.1 Å². The van der Waals surface area contributed by atoms with E-state index in [0.717, 1.165) is 11.3 Å². The second-order valence-electron chi connectivity index (χ2n) is 4.28. The molecule has 0 aliphatic rings. The zero-order valence-electron chi connectivity index (χ0n) is 10.8. The maximum Gasteiger partial charge on any atom is 0.162 e. The number of anilines is 1. The van der Waals surface area contributed by atoms with E-state index in [4.69, 9.17) is 16.9 Å². The van der Waals surface area contributed by atoms with Gasteiger partial charge in [-0.25, -0.2) is 4.98 Å². The van der Waals surface area contributed by atoms with Gasteiger partial charge >= 0.3 is 0 Å². The molecule has 21 heavy (non-hydrogen) atoms. The first-order valence-corrected chi connectivity index (χ1v) is 7.29. The Balaban J connectivity index is 1.70. The Bertz CT molecular complexity index is 771. The quantitative estimate of drug-likeness (QED) is 0.800. The van der Waals surface area contributed by atoms with Crippen molar-refractivity contribution in [3.63, 3.8) is 0 Å². The minimum atomic E-state index is 0.250. The van der Waals surface area contributed by atoms with E-state index >= 15 is 0 Å². The van der Waals surface area contributed by atoms with Gasteiger partial charge in [0, 0.05) is 24.6 Å². The molecule has 0 unspecified atom stereocenters. The molecule has 0 aliphatic carbocycles. The normalized spacial score (nSPS) is 10.3. The molecular weight excluding hydrogens is 306 g/mol. The van der Waals surface area contributed by atoms with Gasteiger partial charge in [-0.15, -0.1) is 0 Å². The van der Waals surface area contributed by atoms with Gasteiger partial charge in [-0.3, -0.25) is 0 Å². The second kappa shape index (κ2) is 5.95. The lowest BCUT2D eigenvalue weighted by atomic mass is 10.2. The summed E-state index contributed by atoms with van der Waals surface area (Å²) in [5.41, 5.74) is 2.55. The zero-order chi connectivity index (χ0) is 14.7. The molecule has 5 nitrogen and oxygen atoms in total. The summed E-state index contributed by atoms with van der Waals surface area (Å²) in [7, 11) is 0. The predicted octanol–water partition coefficient (Wildman–Crippen LogP) is 3.47. The minimum Gasteiger partial charge on any atom is -0.370 e. The first-order chi connectivity index (χ1) is 10.3. The summed E-state index contributed by atoms with van der Waals surface area (Å²) in [6, 6.07) is 10.1. The molecule has 1 aromatic carbocycles. The summed E-state index contributed by atoms with van der Waals surface area (Å²) >= 11 is 7.03. The molecule has 0 fully saturated rings. The van der Waals surface area contributed by atoms with Crippen molar-refractivity contribution in [2.45, 2.75) is 6.54 Å². The van der Waals surface area contributed by atoms with E-state index in [9.17, 15) is 0 Å². The number of imidazole rings is 1. The van der Waals surface area contributed by atoms with Crippen LogP contribution >= 0.6 is 23.1 Å². The molecule has 0 saturated heterocycles. The SMILES string of the molecule is N#Cc1c(Cl)nsc1NCc1ccc(-n2ccnc2)cc1. The van der Waals surface area contributed by atoms with Crippen LogP contribution < -0.4 is 5.32 Å². The van der Waals surface area contributed by atoms with E-state index in [1.807, 2.05) is 35.0 Å². The molecule has 104 valence electrons. The molecule has 0 aliphatic heterocycles. The molecule has 3 rings (SSSR count). The predicted molar refractivity (Wildman–Crippen MR) is 82.7 cm³/mol. The fourth-order valence-electron chi connectivity index (χ4n) is 1.87. The van der Waals surface area contributed by atoms with Gasteiger partial charge in [-0.1, -0.05) is 23.7 Å². The van der Waals surface area contributed by atoms with Crippen LogP contribution in [0.15, 0.2) is 43.0 Å². The van der Waals surface area contributed by atoms with Crippen LogP contribution in [0.2, 0.25) is 5.15 Å². The largest absolute Gasteiger partial charge is 0.370 e. The fraction of sp³-hybridized carbons (Fsp3) is 0.0714. The minimum absolute atomic E-state index is 0.250. The number of nitriles is 1. The Hall–Kier alpha value is -2.36. The maximum atomic E-state index is 9.01. The summed E-state index contributed by atoms with van der Waals surface area (Å²) in [4.78, 5) is 4.02. The summed E-state index contributed by atoms with van der Waals surface area (Å²) in [5, 5.41) is 13.1. The molecule has 2 heterocycles. The number of benzene rings is 1. The van der Waals surface area contributed by atoms with E-state index in [-0.39, 0.29) is 5.15 Å². The number of hydrogen-bond donors (Lipinski definition) is 1. The van der Waals surface area contributed by atoms with Gasteiger partial charge in [0.25, 0.3) is 0 Å². The first-order valence-electron chi connectivity index (χ1n) is 6.14.